The number of nitrogens with zero attached hydrogens (tertiary/aromatic N) is 5. The van der Waals surface area contributed by atoms with Crippen LogP contribution in [0.5, 0.6) is 5.75 Å². The van der Waals surface area contributed by atoms with Crippen molar-refractivity contribution in [3.63, 3.8) is 0 Å². The van der Waals surface area contributed by atoms with Crippen molar-refractivity contribution in [3.05, 3.63) is 46.7 Å². The number of rotatable bonds is 6. The van der Waals surface area contributed by atoms with Crippen molar-refractivity contribution in [2.75, 3.05) is 31.1 Å². The van der Waals surface area contributed by atoms with Crippen LogP contribution in [0, 0.1) is 27.6 Å². The first-order valence-electron chi connectivity index (χ1n) is 15.6. The maximum absolute atomic E-state index is 13.3. The second-order valence-corrected chi connectivity index (χ2v) is 14.8. The molecule has 6 rings (SSSR count). The predicted molar refractivity (Wildman–Crippen MR) is 165 cm³/mol. The molecule has 10 heteroatoms. The number of amides is 1. The summed E-state index contributed by atoms with van der Waals surface area (Å²) in [6.07, 6.45) is 9.42. The first kappa shape index (κ1) is 30.1. The Morgan fingerprint density at radius 2 is 1.70 bits per heavy atom. The van der Waals surface area contributed by atoms with Gasteiger partial charge in [0, 0.05) is 67.6 Å². The molecule has 2 saturated carbocycles. The molecule has 1 aromatic heterocycles. The van der Waals surface area contributed by atoms with Crippen LogP contribution < -0.4 is 15.0 Å². The maximum Gasteiger partial charge on any atom is 0.254 e. The number of benzene rings is 1. The number of likely N-dealkylation sites (tertiary alicyclic amines) is 1. The lowest BCUT2D eigenvalue weighted by Gasteiger charge is -2.63. The number of aromatic nitrogens is 2. The van der Waals surface area contributed by atoms with Crippen LogP contribution in [0.1, 0.15) is 82.1 Å². The van der Waals surface area contributed by atoms with E-state index in [9.17, 15) is 9.90 Å². The highest BCUT2D eigenvalue weighted by molar-refractivity contribution is 6.31. The number of hydrogen-bond donors (Lipinski definition) is 2. The number of aliphatic hydroxyl groups excluding tert-OH is 1. The minimum absolute atomic E-state index is 0.0919. The van der Waals surface area contributed by atoms with Gasteiger partial charge in [-0.25, -0.2) is 9.97 Å². The van der Waals surface area contributed by atoms with Crippen LogP contribution in [0.4, 0.5) is 5.95 Å². The largest absolute Gasteiger partial charge is 0.489 e. The van der Waals surface area contributed by atoms with Gasteiger partial charge in [-0.2, -0.15) is 5.26 Å². The third-order valence-electron chi connectivity index (χ3n) is 10.7. The minimum atomic E-state index is -0.348. The Kier molecular flexibility index (Phi) is 7.85. The van der Waals surface area contributed by atoms with Crippen LogP contribution in [0.3, 0.4) is 0 Å². The predicted octanol–water partition coefficient (Wildman–Crippen LogP) is 4.82. The molecule has 0 unspecified atom stereocenters. The van der Waals surface area contributed by atoms with E-state index in [4.69, 9.17) is 21.6 Å². The first-order valence-corrected chi connectivity index (χ1v) is 16.0. The van der Waals surface area contributed by atoms with Crippen molar-refractivity contribution in [1.29, 1.82) is 5.26 Å². The number of hydrogen-bond acceptors (Lipinski definition) is 8. The number of piperidine rings is 1. The second kappa shape index (κ2) is 11.2. The van der Waals surface area contributed by atoms with Crippen LogP contribution in [-0.2, 0) is 0 Å². The second-order valence-electron chi connectivity index (χ2n) is 14.4. The summed E-state index contributed by atoms with van der Waals surface area (Å²) >= 11 is 6.22. The summed E-state index contributed by atoms with van der Waals surface area (Å²) in [5.41, 5.74) is 0.605. The van der Waals surface area contributed by atoms with Gasteiger partial charge in [0.25, 0.3) is 5.91 Å². The zero-order valence-corrected chi connectivity index (χ0v) is 26.4. The zero-order valence-electron chi connectivity index (χ0n) is 25.6. The molecular weight excluding hydrogens is 564 g/mol. The molecule has 3 heterocycles. The molecule has 2 aliphatic heterocycles. The van der Waals surface area contributed by atoms with Crippen LogP contribution >= 0.6 is 11.6 Å². The highest BCUT2D eigenvalue weighted by Crippen LogP contribution is 2.55. The number of halogens is 1. The van der Waals surface area contributed by atoms with E-state index in [1.54, 1.807) is 30.6 Å². The highest BCUT2D eigenvalue weighted by atomic mass is 35.5. The van der Waals surface area contributed by atoms with Crippen molar-refractivity contribution < 1.29 is 14.6 Å². The molecule has 2 aliphatic carbocycles. The third-order valence-corrected chi connectivity index (χ3v) is 11.0. The van der Waals surface area contributed by atoms with E-state index in [1.807, 2.05) is 0 Å². The molecule has 4 fully saturated rings. The average Bonchev–Trinajstić information content (AvgIpc) is 2.98. The first-order chi connectivity index (χ1) is 20.4. The van der Waals surface area contributed by atoms with Crippen molar-refractivity contribution in [2.45, 2.75) is 90.5 Å². The average molecular weight is 607 g/mol. The summed E-state index contributed by atoms with van der Waals surface area (Å²) in [5.74, 6) is 1.08. The molecule has 1 amide bonds. The van der Waals surface area contributed by atoms with E-state index in [-0.39, 0.29) is 35.0 Å². The Labute approximate surface area is 259 Å². The SMILES string of the molecule is CC1(C)C(NC(=O)c2cnc(N3CCC(N4CC5(CCC(O)CC5)C4)CC3)nc2)C(C)(C)C1Oc1ccc(C#N)c(Cl)c1. The summed E-state index contributed by atoms with van der Waals surface area (Å²) in [6.45, 7) is 12.5. The number of nitriles is 1. The van der Waals surface area contributed by atoms with Gasteiger partial charge < -0.3 is 20.1 Å². The molecule has 1 spiro atoms. The summed E-state index contributed by atoms with van der Waals surface area (Å²) in [7, 11) is 0. The summed E-state index contributed by atoms with van der Waals surface area (Å²) in [5, 5.41) is 22.6. The van der Waals surface area contributed by atoms with Gasteiger partial charge in [-0.1, -0.05) is 39.3 Å². The fourth-order valence-electron chi connectivity index (χ4n) is 8.45. The van der Waals surface area contributed by atoms with Gasteiger partial charge in [-0.05, 0) is 56.1 Å². The monoisotopic (exact) mass is 606 g/mol. The van der Waals surface area contributed by atoms with Gasteiger partial charge >= 0.3 is 0 Å². The molecule has 43 heavy (non-hydrogen) atoms. The molecule has 2 saturated heterocycles. The van der Waals surface area contributed by atoms with Crippen molar-refractivity contribution >= 4 is 23.5 Å². The van der Waals surface area contributed by atoms with E-state index in [1.165, 1.54) is 13.1 Å². The number of aliphatic hydroxyl groups is 1. The Morgan fingerprint density at radius 1 is 1.07 bits per heavy atom. The van der Waals surface area contributed by atoms with Crippen molar-refractivity contribution in [1.82, 2.24) is 20.2 Å². The smallest absolute Gasteiger partial charge is 0.254 e. The molecule has 1 aromatic carbocycles. The molecule has 0 atom stereocenters. The number of ether oxygens (including phenoxy) is 1. The lowest BCUT2D eigenvalue weighted by atomic mass is 9.49. The Balaban J connectivity index is 1.01. The van der Waals surface area contributed by atoms with E-state index < -0.39 is 0 Å². The van der Waals surface area contributed by atoms with Crippen LogP contribution in [0.25, 0.3) is 0 Å². The van der Waals surface area contributed by atoms with Gasteiger partial charge in [-0.15, -0.1) is 0 Å². The molecular formula is C33H43ClN6O3. The molecule has 230 valence electrons. The van der Waals surface area contributed by atoms with E-state index in [2.05, 4.69) is 58.8 Å². The summed E-state index contributed by atoms with van der Waals surface area (Å²) < 4.78 is 6.34. The number of carbonyl (C=O) groups is 1. The van der Waals surface area contributed by atoms with Crippen LogP contribution in [0.15, 0.2) is 30.6 Å². The van der Waals surface area contributed by atoms with E-state index in [0.717, 1.165) is 51.6 Å². The lowest BCUT2D eigenvalue weighted by molar-refractivity contribution is -0.164. The fraction of sp³-hybridized carbons (Fsp3) is 0.636. The molecule has 2 N–H and O–H groups in total. The van der Waals surface area contributed by atoms with Gasteiger partial charge in [0.2, 0.25) is 5.95 Å². The molecule has 0 bridgehead atoms. The van der Waals surface area contributed by atoms with E-state index >= 15 is 0 Å². The Hall–Kier alpha value is -2.93. The zero-order chi connectivity index (χ0) is 30.6. The van der Waals surface area contributed by atoms with Crippen LogP contribution in [-0.4, -0.2) is 76.4 Å². The topological polar surface area (TPSA) is 115 Å². The maximum atomic E-state index is 13.3. The standard InChI is InChI=1S/C33H43ClN6O3/c1-31(2)28(32(3,4)29(31)43-25-6-5-21(16-35)26(34)15-25)38-27(42)22-17-36-30(37-18-22)39-13-9-23(10-14-39)40-19-33(20-40)11-7-24(41)8-12-33/h5-6,15,17-18,23-24,28-29,41H,7-14,19-20H2,1-4H3,(H,38,42). The van der Waals surface area contributed by atoms with Crippen molar-refractivity contribution in [2.24, 2.45) is 16.2 Å². The van der Waals surface area contributed by atoms with Gasteiger partial charge in [0.15, 0.2) is 0 Å². The molecule has 2 aromatic rings. The Bertz CT molecular complexity index is 1370. The van der Waals surface area contributed by atoms with Gasteiger partial charge in [0.1, 0.15) is 17.9 Å². The summed E-state index contributed by atoms with van der Waals surface area (Å²) in [6, 6.07) is 7.63. The van der Waals surface area contributed by atoms with Gasteiger partial charge in [-0.3, -0.25) is 9.69 Å². The Morgan fingerprint density at radius 3 is 2.28 bits per heavy atom. The number of carbonyl (C=O) groups excluding carboxylic acids is 1. The third kappa shape index (κ3) is 5.58. The molecule has 9 nitrogen and oxygen atoms in total. The van der Waals surface area contributed by atoms with E-state index in [0.29, 0.717) is 39.3 Å². The fourth-order valence-corrected chi connectivity index (χ4v) is 8.66. The van der Waals surface area contributed by atoms with Gasteiger partial charge in [0.05, 0.1) is 22.3 Å². The molecule has 4 aliphatic rings. The lowest BCUT2D eigenvalue weighted by Crippen LogP contribution is -2.74. The summed E-state index contributed by atoms with van der Waals surface area (Å²) in [4.78, 5) is 27.3. The normalized spacial score (nSPS) is 26.7. The van der Waals surface area contributed by atoms with Crippen LogP contribution in [0.2, 0.25) is 5.02 Å². The van der Waals surface area contributed by atoms with Crippen molar-refractivity contribution in [3.8, 4) is 11.8 Å². The number of anilines is 1. The number of nitrogens with one attached hydrogen (secondary N) is 1. The molecule has 0 radical (unpaired) electrons. The highest BCUT2D eigenvalue weighted by Gasteiger charge is 2.64. The quantitative estimate of drug-likeness (QED) is 0.481. The minimum Gasteiger partial charge on any atom is -0.489 e.